The monoisotopic (exact) mass is 384 g/mol. The summed E-state index contributed by atoms with van der Waals surface area (Å²) in [6, 6.07) is 14.7. The Balaban J connectivity index is 1.55. The molecule has 0 saturated carbocycles. The summed E-state index contributed by atoms with van der Waals surface area (Å²) in [4.78, 5) is 12.4. The number of carbonyl (C=O) groups is 1. The summed E-state index contributed by atoms with van der Waals surface area (Å²) in [5, 5.41) is 2.90. The molecule has 1 aliphatic rings. The second kappa shape index (κ2) is 10.0. The number of benzene rings is 2. The maximum atomic E-state index is 12.5. The van der Waals surface area contributed by atoms with Crippen molar-refractivity contribution < 1.29 is 18.7 Å². The van der Waals surface area contributed by atoms with Crippen LogP contribution in [0.3, 0.4) is 0 Å². The van der Waals surface area contributed by atoms with Gasteiger partial charge in [0.1, 0.15) is 12.4 Å². The van der Waals surface area contributed by atoms with Crippen molar-refractivity contribution in [3.8, 4) is 5.75 Å². The number of ether oxygens (including phenoxy) is 2. The molecule has 1 aliphatic heterocycles. The quantitative estimate of drug-likeness (QED) is 0.756. The molecule has 1 amide bonds. The highest BCUT2D eigenvalue weighted by atomic mass is 19.1. The van der Waals surface area contributed by atoms with Gasteiger partial charge >= 0.3 is 0 Å². The van der Waals surface area contributed by atoms with Crippen LogP contribution in [0.4, 0.5) is 10.1 Å². The highest BCUT2D eigenvalue weighted by Crippen LogP contribution is 2.27. The van der Waals surface area contributed by atoms with Crippen LogP contribution in [0.5, 0.6) is 5.75 Å². The van der Waals surface area contributed by atoms with Crippen molar-refractivity contribution in [1.82, 2.24) is 0 Å². The fourth-order valence-electron chi connectivity index (χ4n) is 3.09. The lowest BCUT2D eigenvalue weighted by atomic mass is 9.92. The molecule has 3 N–H and O–H groups in total. The normalized spacial score (nSPS) is 15.3. The van der Waals surface area contributed by atoms with Crippen LogP contribution in [0.25, 0.3) is 0 Å². The lowest BCUT2D eigenvalue weighted by Gasteiger charge is -2.22. The van der Waals surface area contributed by atoms with Gasteiger partial charge in [-0.25, -0.2) is 4.39 Å². The van der Waals surface area contributed by atoms with Gasteiger partial charge in [0.25, 0.3) is 5.91 Å². The SMILES string of the molecule is NC/C(=C/F)COc1ccc(C(=O)Nc2ccc(C3CCOCC3)cc2)cc1. The van der Waals surface area contributed by atoms with E-state index in [4.69, 9.17) is 15.2 Å². The first-order valence-corrected chi connectivity index (χ1v) is 9.39. The summed E-state index contributed by atoms with van der Waals surface area (Å²) >= 11 is 0. The van der Waals surface area contributed by atoms with Crippen molar-refractivity contribution in [3.63, 3.8) is 0 Å². The number of carbonyl (C=O) groups excluding carboxylic acids is 1. The fourth-order valence-corrected chi connectivity index (χ4v) is 3.09. The summed E-state index contributed by atoms with van der Waals surface area (Å²) in [5.74, 6) is 0.875. The first kappa shape index (κ1) is 20.0. The molecule has 1 fully saturated rings. The Bertz CT molecular complexity index is 798. The number of anilines is 1. The van der Waals surface area contributed by atoms with E-state index in [2.05, 4.69) is 17.4 Å². The summed E-state index contributed by atoms with van der Waals surface area (Å²) in [7, 11) is 0. The van der Waals surface area contributed by atoms with Crippen molar-refractivity contribution in [2.75, 3.05) is 31.7 Å². The van der Waals surface area contributed by atoms with E-state index in [-0.39, 0.29) is 19.1 Å². The van der Waals surface area contributed by atoms with Crippen molar-refractivity contribution in [3.05, 3.63) is 71.6 Å². The third-order valence-electron chi connectivity index (χ3n) is 4.82. The van der Waals surface area contributed by atoms with Crippen LogP contribution in [-0.4, -0.2) is 32.3 Å². The number of amides is 1. The molecule has 2 aromatic rings. The zero-order valence-electron chi connectivity index (χ0n) is 15.7. The second-order valence-electron chi connectivity index (χ2n) is 6.75. The average Bonchev–Trinajstić information content (AvgIpc) is 2.76. The zero-order valence-corrected chi connectivity index (χ0v) is 15.7. The molecule has 28 heavy (non-hydrogen) atoms. The van der Waals surface area contributed by atoms with E-state index in [0.29, 0.717) is 29.1 Å². The van der Waals surface area contributed by atoms with Gasteiger partial charge in [-0.05, 0) is 60.7 Å². The molecule has 0 aromatic heterocycles. The van der Waals surface area contributed by atoms with Crippen LogP contribution in [-0.2, 0) is 4.74 Å². The van der Waals surface area contributed by atoms with Crippen LogP contribution in [0.1, 0.15) is 34.7 Å². The van der Waals surface area contributed by atoms with Gasteiger partial charge in [-0.3, -0.25) is 4.79 Å². The average molecular weight is 384 g/mol. The number of nitrogens with two attached hydrogens (primary N) is 1. The highest BCUT2D eigenvalue weighted by Gasteiger charge is 2.15. The lowest BCUT2D eigenvalue weighted by molar-refractivity contribution is 0.0853. The molecule has 1 heterocycles. The van der Waals surface area contributed by atoms with Crippen molar-refractivity contribution in [1.29, 1.82) is 0 Å². The van der Waals surface area contributed by atoms with Gasteiger partial charge in [0, 0.05) is 36.6 Å². The predicted molar refractivity (Wildman–Crippen MR) is 107 cm³/mol. The maximum absolute atomic E-state index is 12.5. The minimum Gasteiger partial charge on any atom is -0.489 e. The fraction of sp³-hybridized carbons (Fsp3) is 0.318. The summed E-state index contributed by atoms with van der Waals surface area (Å²) in [5.41, 5.74) is 8.30. The van der Waals surface area contributed by atoms with Gasteiger partial charge < -0.3 is 20.5 Å². The molecule has 0 bridgehead atoms. The number of hydrogen-bond acceptors (Lipinski definition) is 4. The Morgan fingerprint density at radius 2 is 1.82 bits per heavy atom. The van der Waals surface area contributed by atoms with Crippen molar-refractivity contribution >= 4 is 11.6 Å². The lowest BCUT2D eigenvalue weighted by Crippen LogP contribution is -2.14. The maximum Gasteiger partial charge on any atom is 0.255 e. The van der Waals surface area contributed by atoms with Crippen LogP contribution in [0, 0.1) is 0 Å². The summed E-state index contributed by atoms with van der Waals surface area (Å²) in [6.45, 7) is 1.79. The molecule has 0 unspecified atom stereocenters. The van der Waals surface area contributed by atoms with E-state index in [0.717, 1.165) is 31.7 Å². The van der Waals surface area contributed by atoms with Gasteiger partial charge in [0.05, 0.1) is 6.33 Å². The van der Waals surface area contributed by atoms with E-state index in [1.54, 1.807) is 24.3 Å². The Morgan fingerprint density at radius 3 is 2.43 bits per heavy atom. The first-order chi connectivity index (χ1) is 13.7. The second-order valence-corrected chi connectivity index (χ2v) is 6.75. The molecule has 0 aliphatic carbocycles. The molecule has 6 heteroatoms. The smallest absolute Gasteiger partial charge is 0.255 e. The molecule has 148 valence electrons. The van der Waals surface area contributed by atoms with E-state index in [1.807, 2.05) is 12.1 Å². The minimum atomic E-state index is -0.198. The number of halogens is 1. The topological polar surface area (TPSA) is 73.6 Å². The minimum absolute atomic E-state index is 0.0814. The molecule has 3 rings (SSSR count). The number of rotatable bonds is 7. The number of nitrogens with one attached hydrogen (secondary N) is 1. The Morgan fingerprint density at radius 1 is 1.14 bits per heavy atom. The van der Waals surface area contributed by atoms with E-state index >= 15 is 0 Å². The molecule has 0 spiro atoms. The van der Waals surface area contributed by atoms with E-state index in [9.17, 15) is 9.18 Å². The first-order valence-electron chi connectivity index (χ1n) is 9.39. The van der Waals surface area contributed by atoms with Gasteiger partial charge in [0.2, 0.25) is 0 Å². The highest BCUT2D eigenvalue weighted by molar-refractivity contribution is 6.04. The van der Waals surface area contributed by atoms with Crippen LogP contribution in [0.2, 0.25) is 0 Å². The van der Waals surface area contributed by atoms with Crippen LogP contribution in [0.15, 0.2) is 60.4 Å². The van der Waals surface area contributed by atoms with Crippen molar-refractivity contribution in [2.24, 2.45) is 5.73 Å². The Hall–Kier alpha value is -2.70. The number of hydrogen-bond donors (Lipinski definition) is 2. The van der Waals surface area contributed by atoms with E-state index < -0.39 is 0 Å². The van der Waals surface area contributed by atoms with Gasteiger partial charge in [-0.15, -0.1) is 0 Å². The standard InChI is InChI=1S/C22H25FN2O3/c23-13-16(14-24)15-28-21-7-3-19(4-8-21)22(26)25-20-5-1-17(2-6-20)18-9-11-27-12-10-18/h1-8,13,18H,9-12,14-15,24H2,(H,25,26)/b16-13-. The Labute approximate surface area is 164 Å². The van der Waals surface area contributed by atoms with Gasteiger partial charge in [-0.1, -0.05) is 12.1 Å². The largest absolute Gasteiger partial charge is 0.489 e. The molecule has 0 radical (unpaired) electrons. The third kappa shape index (κ3) is 5.41. The van der Waals surface area contributed by atoms with Gasteiger partial charge in [-0.2, -0.15) is 0 Å². The predicted octanol–water partition coefficient (Wildman–Crippen LogP) is 4.02. The zero-order chi connectivity index (χ0) is 19.8. The molecular formula is C22H25FN2O3. The van der Waals surface area contributed by atoms with E-state index in [1.165, 1.54) is 5.56 Å². The molecule has 0 atom stereocenters. The summed E-state index contributed by atoms with van der Waals surface area (Å²) < 4.78 is 23.3. The van der Waals surface area contributed by atoms with Crippen molar-refractivity contribution in [2.45, 2.75) is 18.8 Å². The molecule has 5 nitrogen and oxygen atoms in total. The third-order valence-corrected chi connectivity index (χ3v) is 4.82. The van der Waals surface area contributed by atoms with Crippen LogP contribution >= 0.6 is 0 Å². The van der Waals surface area contributed by atoms with Gasteiger partial charge in [0.15, 0.2) is 0 Å². The molecule has 1 saturated heterocycles. The molecular weight excluding hydrogens is 359 g/mol. The van der Waals surface area contributed by atoms with Crippen LogP contribution < -0.4 is 15.8 Å². The molecule has 2 aromatic carbocycles. The Kier molecular flexibility index (Phi) is 7.17. The summed E-state index contributed by atoms with van der Waals surface area (Å²) in [6.07, 6.45) is 2.52.